The topological polar surface area (TPSA) is 24.9 Å². The molecule has 1 heterocycles. The van der Waals surface area contributed by atoms with E-state index in [9.17, 15) is 8.78 Å². The first-order valence-electron chi connectivity index (χ1n) is 6.16. The smallest absolute Gasteiger partial charge is 0.129 e. The summed E-state index contributed by atoms with van der Waals surface area (Å²) in [6.45, 7) is 3.91. The Morgan fingerprint density at radius 2 is 1.95 bits per heavy atom. The molecule has 0 fully saturated rings. The van der Waals surface area contributed by atoms with E-state index in [1.54, 1.807) is 17.5 Å². The number of benzene rings is 1. The fourth-order valence-corrected chi connectivity index (χ4v) is 2.69. The van der Waals surface area contributed by atoms with Crippen molar-refractivity contribution >= 4 is 11.3 Å². The highest BCUT2D eigenvalue weighted by molar-refractivity contribution is 7.09. The molecular weight excluding hydrogens is 266 g/mol. The van der Waals surface area contributed by atoms with Crippen molar-refractivity contribution in [3.05, 3.63) is 52.0 Å². The van der Waals surface area contributed by atoms with Crippen LogP contribution >= 0.6 is 11.3 Å². The van der Waals surface area contributed by atoms with Gasteiger partial charge < -0.3 is 5.32 Å². The lowest BCUT2D eigenvalue weighted by Crippen LogP contribution is -2.31. The summed E-state index contributed by atoms with van der Waals surface area (Å²) in [5, 5.41) is 6.18. The second-order valence-corrected chi connectivity index (χ2v) is 5.49. The van der Waals surface area contributed by atoms with Crippen LogP contribution in [0.15, 0.2) is 29.8 Å². The molecule has 5 heteroatoms. The maximum Gasteiger partial charge on any atom is 0.129 e. The Balaban J connectivity index is 2.00. The van der Waals surface area contributed by atoms with Crippen LogP contribution in [0.2, 0.25) is 0 Å². The second kappa shape index (κ2) is 6.21. The number of nitrogens with one attached hydrogen (secondary N) is 1. The number of thiazole rings is 1. The molecule has 1 aromatic carbocycles. The molecule has 1 N–H and O–H groups in total. The first kappa shape index (κ1) is 14.1. The average molecular weight is 282 g/mol. The van der Waals surface area contributed by atoms with Crippen molar-refractivity contribution in [3.8, 4) is 0 Å². The van der Waals surface area contributed by atoms with Gasteiger partial charge in [-0.25, -0.2) is 13.8 Å². The van der Waals surface area contributed by atoms with Crippen molar-refractivity contribution in [2.45, 2.75) is 32.4 Å². The predicted octanol–water partition coefficient (Wildman–Crippen LogP) is 3.70. The minimum absolute atomic E-state index is 0.0368. The Hall–Kier alpha value is -1.33. The van der Waals surface area contributed by atoms with Crippen molar-refractivity contribution in [3.63, 3.8) is 0 Å². The molecule has 1 aromatic heterocycles. The van der Waals surface area contributed by atoms with Gasteiger partial charge in [-0.1, -0.05) is 6.07 Å². The third kappa shape index (κ3) is 3.58. The molecule has 0 radical (unpaired) electrons. The zero-order valence-corrected chi connectivity index (χ0v) is 11.7. The van der Waals surface area contributed by atoms with Crippen molar-refractivity contribution < 1.29 is 8.78 Å². The van der Waals surface area contributed by atoms with Crippen LogP contribution in [0.1, 0.15) is 30.5 Å². The van der Waals surface area contributed by atoms with Crippen molar-refractivity contribution in [1.29, 1.82) is 0 Å². The van der Waals surface area contributed by atoms with Crippen LogP contribution in [0.5, 0.6) is 0 Å². The fraction of sp³-hybridized carbons (Fsp3) is 0.357. The number of halogens is 2. The highest BCUT2D eigenvalue weighted by Crippen LogP contribution is 2.18. The molecule has 0 saturated carbocycles. The summed E-state index contributed by atoms with van der Waals surface area (Å²) >= 11 is 1.56. The maximum atomic E-state index is 13.5. The molecule has 102 valence electrons. The molecule has 0 bridgehead atoms. The molecule has 0 saturated heterocycles. The lowest BCUT2D eigenvalue weighted by molar-refractivity contribution is 0.456. The lowest BCUT2D eigenvalue weighted by atomic mass is 10.1. The highest BCUT2D eigenvalue weighted by Gasteiger charge is 2.15. The van der Waals surface area contributed by atoms with Crippen LogP contribution < -0.4 is 5.32 Å². The van der Waals surface area contributed by atoms with E-state index in [2.05, 4.69) is 10.3 Å². The molecule has 2 aromatic rings. The average Bonchev–Trinajstić information content (AvgIpc) is 2.88. The summed E-state index contributed by atoms with van der Waals surface area (Å²) in [6, 6.07) is 3.99. The minimum Gasteiger partial charge on any atom is -0.305 e. The molecule has 0 aliphatic heterocycles. The second-order valence-electron chi connectivity index (χ2n) is 4.56. The minimum atomic E-state index is -0.490. The van der Waals surface area contributed by atoms with E-state index >= 15 is 0 Å². The Labute approximate surface area is 115 Å². The third-order valence-corrected chi connectivity index (χ3v) is 3.89. The van der Waals surface area contributed by atoms with Gasteiger partial charge in [-0.2, -0.15) is 0 Å². The van der Waals surface area contributed by atoms with Crippen LogP contribution in [-0.4, -0.2) is 11.0 Å². The molecule has 2 atom stereocenters. The molecule has 2 unspecified atom stereocenters. The highest BCUT2D eigenvalue weighted by atomic mass is 32.1. The molecule has 19 heavy (non-hydrogen) atoms. The number of nitrogens with zero attached hydrogens (tertiary/aromatic N) is 1. The van der Waals surface area contributed by atoms with E-state index in [0.29, 0.717) is 6.42 Å². The van der Waals surface area contributed by atoms with Crippen molar-refractivity contribution in [1.82, 2.24) is 10.3 Å². The third-order valence-electron chi connectivity index (χ3n) is 2.93. The number of aromatic nitrogens is 1. The summed E-state index contributed by atoms with van der Waals surface area (Å²) < 4.78 is 27.1. The van der Waals surface area contributed by atoms with Gasteiger partial charge in [0.05, 0.1) is 6.04 Å². The Morgan fingerprint density at radius 1 is 1.26 bits per heavy atom. The Bertz CT molecular complexity index is 508. The largest absolute Gasteiger partial charge is 0.305 e. The number of hydrogen-bond acceptors (Lipinski definition) is 3. The van der Waals surface area contributed by atoms with Gasteiger partial charge in [0.1, 0.15) is 16.6 Å². The summed E-state index contributed by atoms with van der Waals surface area (Å²) in [4.78, 5) is 4.22. The van der Waals surface area contributed by atoms with Gasteiger partial charge in [0, 0.05) is 23.2 Å². The molecule has 0 spiro atoms. The van der Waals surface area contributed by atoms with Crippen LogP contribution in [0.4, 0.5) is 8.78 Å². The van der Waals surface area contributed by atoms with Gasteiger partial charge >= 0.3 is 0 Å². The summed E-state index contributed by atoms with van der Waals surface area (Å²) in [6.07, 6.45) is 2.06. The van der Waals surface area contributed by atoms with E-state index in [-0.39, 0.29) is 17.6 Å². The van der Waals surface area contributed by atoms with Gasteiger partial charge in [-0.3, -0.25) is 0 Å². The van der Waals surface area contributed by atoms with Gasteiger partial charge in [-0.05, 0) is 32.4 Å². The first-order valence-corrected chi connectivity index (χ1v) is 7.04. The van der Waals surface area contributed by atoms with Gasteiger partial charge in [0.2, 0.25) is 0 Å². The molecule has 2 nitrogen and oxygen atoms in total. The number of rotatable bonds is 5. The molecular formula is C14H16F2N2S. The van der Waals surface area contributed by atoms with Crippen LogP contribution in [0.3, 0.4) is 0 Å². The standard InChI is InChI=1S/C14H16F2N2S/c1-9(18-10(2)14-17-6-7-19-14)8-11-12(15)4-3-5-13(11)16/h3-7,9-10,18H,8H2,1-2H3. The van der Waals surface area contributed by atoms with Gasteiger partial charge in [0.15, 0.2) is 0 Å². The Morgan fingerprint density at radius 3 is 2.53 bits per heavy atom. The maximum absolute atomic E-state index is 13.5. The van der Waals surface area contributed by atoms with E-state index in [1.807, 2.05) is 19.2 Å². The summed E-state index contributed by atoms with van der Waals surface area (Å²) in [5.41, 5.74) is 0.133. The molecule has 0 aliphatic rings. The van der Waals surface area contributed by atoms with E-state index < -0.39 is 11.6 Å². The lowest BCUT2D eigenvalue weighted by Gasteiger charge is -2.19. The van der Waals surface area contributed by atoms with E-state index in [0.717, 1.165) is 5.01 Å². The summed E-state index contributed by atoms with van der Waals surface area (Å²) in [5.74, 6) is -0.980. The predicted molar refractivity (Wildman–Crippen MR) is 73.2 cm³/mol. The van der Waals surface area contributed by atoms with E-state index in [4.69, 9.17) is 0 Å². The number of hydrogen-bond donors (Lipinski definition) is 1. The van der Waals surface area contributed by atoms with E-state index in [1.165, 1.54) is 18.2 Å². The first-order chi connectivity index (χ1) is 9.08. The zero-order chi connectivity index (χ0) is 13.8. The normalized spacial score (nSPS) is 14.3. The zero-order valence-electron chi connectivity index (χ0n) is 10.9. The van der Waals surface area contributed by atoms with Crippen molar-refractivity contribution in [2.75, 3.05) is 0 Å². The monoisotopic (exact) mass is 282 g/mol. The molecule has 0 amide bonds. The fourth-order valence-electron chi connectivity index (χ4n) is 2.04. The van der Waals surface area contributed by atoms with Gasteiger partial charge in [0.25, 0.3) is 0 Å². The van der Waals surface area contributed by atoms with Crippen LogP contribution in [-0.2, 0) is 6.42 Å². The van der Waals surface area contributed by atoms with Crippen LogP contribution in [0, 0.1) is 11.6 Å². The SMILES string of the molecule is CC(Cc1c(F)cccc1F)NC(C)c1nccs1. The van der Waals surface area contributed by atoms with Crippen molar-refractivity contribution in [2.24, 2.45) is 0 Å². The molecule has 2 rings (SSSR count). The van der Waals surface area contributed by atoms with Gasteiger partial charge in [-0.15, -0.1) is 11.3 Å². The molecule has 0 aliphatic carbocycles. The Kier molecular flexibility index (Phi) is 4.61. The summed E-state index contributed by atoms with van der Waals surface area (Å²) in [7, 11) is 0. The quantitative estimate of drug-likeness (QED) is 0.904. The van der Waals surface area contributed by atoms with Crippen LogP contribution in [0.25, 0.3) is 0 Å².